The van der Waals surface area contributed by atoms with Crippen LogP contribution in [0.3, 0.4) is 0 Å². The lowest BCUT2D eigenvalue weighted by molar-refractivity contribution is 0.0751. The van der Waals surface area contributed by atoms with Gasteiger partial charge in [0, 0.05) is 18.8 Å². The summed E-state index contributed by atoms with van der Waals surface area (Å²) < 4.78 is 0. The molecule has 0 aliphatic rings. The molecule has 2 aromatic rings. The number of carbonyl (C=O) groups is 1. The van der Waals surface area contributed by atoms with Crippen molar-refractivity contribution >= 4 is 11.6 Å². The van der Waals surface area contributed by atoms with Crippen LogP contribution in [0.4, 0.5) is 5.69 Å². The van der Waals surface area contributed by atoms with Crippen LogP contribution in [0.2, 0.25) is 0 Å². The van der Waals surface area contributed by atoms with Crippen LogP contribution in [0.5, 0.6) is 0 Å². The van der Waals surface area contributed by atoms with Gasteiger partial charge in [-0.3, -0.25) is 4.79 Å². The van der Waals surface area contributed by atoms with E-state index in [0.29, 0.717) is 30.0 Å². The standard InChI is InChI=1S/C16H20N4O/c1-4-20(10-13-7-5-6-8-15(13)17)16(21)14-9-11(2)18-19-12(14)3/h5-9H,4,10,17H2,1-3H3. The van der Waals surface area contributed by atoms with Crippen LogP contribution in [-0.4, -0.2) is 27.5 Å². The number of carbonyl (C=O) groups excluding carboxylic acids is 1. The average Bonchev–Trinajstić information content (AvgIpc) is 2.48. The highest BCUT2D eigenvalue weighted by atomic mass is 16.2. The Morgan fingerprint density at radius 1 is 1.24 bits per heavy atom. The van der Waals surface area contributed by atoms with Crippen LogP contribution < -0.4 is 5.73 Å². The summed E-state index contributed by atoms with van der Waals surface area (Å²) in [5.41, 5.74) is 9.58. The molecule has 0 aliphatic carbocycles. The Kier molecular flexibility index (Phi) is 4.52. The van der Waals surface area contributed by atoms with E-state index in [0.717, 1.165) is 11.3 Å². The first-order chi connectivity index (χ1) is 10.0. The summed E-state index contributed by atoms with van der Waals surface area (Å²) in [6.07, 6.45) is 0. The zero-order valence-electron chi connectivity index (χ0n) is 12.6. The van der Waals surface area contributed by atoms with Crippen molar-refractivity contribution in [3.05, 3.63) is 52.8 Å². The minimum absolute atomic E-state index is 0.0451. The van der Waals surface area contributed by atoms with Gasteiger partial charge in [-0.05, 0) is 38.5 Å². The zero-order chi connectivity index (χ0) is 15.4. The van der Waals surface area contributed by atoms with E-state index in [1.807, 2.05) is 38.1 Å². The molecule has 2 N–H and O–H groups in total. The van der Waals surface area contributed by atoms with Gasteiger partial charge in [-0.25, -0.2) is 0 Å². The largest absolute Gasteiger partial charge is 0.398 e. The summed E-state index contributed by atoms with van der Waals surface area (Å²) in [5.74, 6) is -0.0451. The highest BCUT2D eigenvalue weighted by Gasteiger charge is 2.18. The van der Waals surface area contributed by atoms with Gasteiger partial charge in [0.2, 0.25) is 0 Å². The van der Waals surface area contributed by atoms with Crippen LogP contribution in [0.15, 0.2) is 30.3 Å². The lowest BCUT2D eigenvalue weighted by Crippen LogP contribution is -2.31. The van der Waals surface area contributed by atoms with Crippen molar-refractivity contribution in [2.75, 3.05) is 12.3 Å². The van der Waals surface area contributed by atoms with Crippen LogP contribution >= 0.6 is 0 Å². The Balaban J connectivity index is 2.27. The van der Waals surface area contributed by atoms with Crippen LogP contribution in [0, 0.1) is 13.8 Å². The molecule has 1 aromatic carbocycles. The van der Waals surface area contributed by atoms with Crippen molar-refractivity contribution < 1.29 is 4.79 Å². The molecular formula is C16H20N4O. The summed E-state index contributed by atoms with van der Waals surface area (Å²) >= 11 is 0. The Hall–Kier alpha value is -2.43. The molecule has 0 fully saturated rings. The lowest BCUT2D eigenvalue weighted by atomic mass is 10.1. The Morgan fingerprint density at radius 3 is 2.62 bits per heavy atom. The molecule has 0 saturated carbocycles. The molecular weight excluding hydrogens is 264 g/mol. The molecule has 0 bridgehead atoms. The summed E-state index contributed by atoms with van der Waals surface area (Å²) in [6, 6.07) is 9.37. The van der Waals surface area contributed by atoms with Gasteiger partial charge < -0.3 is 10.6 Å². The van der Waals surface area contributed by atoms with Gasteiger partial charge in [0.1, 0.15) is 0 Å². The highest BCUT2D eigenvalue weighted by molar-refractivity contribution is 5.95. The Labute approximate surface area is 124 Å². The molecule has 110 valence electrons. The molecule has 0 unspecified atom stereocenters. The molecule has 2 rings (SSSR count). The maximum absolute atomic E-state index is 12.7. The van der Waals surface area contributed by atoms with Gasteiger partial charge in [0.05, 0.1) is 17.0 Å². The maximum Gasteiger partial charge on any atom is 0.256 e. The Bertz CT molecular complexity index is 654. The van der Waals surface area contributed by atoms with Gasteiger partial charge in [-0.1, -0.05) is 18.2 Å². The monoisotopic (exact) mass is 284 g/mol. The van der Waals surface area contributed by atoms with E-state index < -0.39 is 0 Å². The molecule has 1 amide bonds. The van der Waals surface area contributed by atoms with Crippen molar-refractivity contribution in [2.24, 2.45) is 0 Å². The van der Waals surface area contributed by atoms with Crippen LogP contribution in [0.25, 0.3) is 0 Å². The maximum atomic E-state index is 12.7. The molecule has 5 heteroatoms. The predicted octanol–water partition coefficient (Wildman–Crippen LogP) is 2.34. The third-order valence-corrected chi connectivity index (χ3v) is 3.42. The predicted molar refractivity (Wildman–Crippen MR) is 82.8 cm³/mol. The smallest absolute Gasteiger partial charge is 0.256 e. The first-order valence-electron chi connectivity index (χ1n) is 6.96. The van der Waals surface area contributed by atoms with Gasteiger partial charge in [-0.2, -0.15) is 10.2 Å². The van der Waals surface area contributed by atoms with Crippen LogP contribution in [0.1, 0.15) is 34.2 Å². The molecule has 5 nitrogen and oxygen atoms in total. The number of amides is 1. The van der Waals surface area contributed by atoms with Crippen molar-refractivity contribution in [2.45, 2.75) is 27.3 Å². The van der Waals surface area contributed by atoms with E-state index in [1.54, 1.807) is 17.9 Å². The topological polar surface area (TPSA) is 72.1 Å². The second kappa shape index (κ2) is 6.35. The van der Waals surface area contributed by atoms with Gasteiger partial charge >= 0.3 is 0 Å². The number of rotatable bonds is 4. The second-order valence-electron chi connectivity index (χ2n) is 5.00. The van der Waals surface area contributed by atoms with Crippen molar-refractivity contribution in [3.63, 3.8) is 0 Å². The highest BCUT2D eigenvalue weighted by Crippen LogP contribution is 2.16. The average molecular weight is 284 g/mol. The van der Waals surface area contributed by atoms with E-state index in [1.165, 1.54) is 0 Å². The number of nitrogens with two attached hydrogens (primary N) is 1. The molecule has 0 aliphatic heterocycles. The fourth-order valence-electron chi connectivity index (χ4n) is 2.15. The van der Waals surface area contributed by atoms with Crippen molar-refractivity contribution in [1.82, 2.24) is 15.1 Å². The molecule has 0 saturated heterocycles. The zero-order valence-corrected chi connectivity index (χ0v) is 12.6. The number of aromatic nitrogens is 2. The lowest BCUT2D eigenvalue weighted by Gasteiger charge is -2.22. The summed E-state index contributed by atoms with van der Waals surface area (Å²) in [4.78, 5) is 14.4. The normalized spacial score (nSPS) is 10.4. The fraction of sp³-hybridized carbons (Fsp3) is 0.312. The second-order valence-corrected chi connectivity index (χ2v) is 5.00. The molecule has 0 radical (unpaired) electrons. The first kappa shape index (κ1) is 15.0. The Morgan fingerprint density at radius 2 is 1.95 bits per heavy atom. The van der Waals surface area contributed by atoms with Crippen molar-refractivity contribution in [3.8, 4) is 0 Å². The van der Waals surface area contributed by atoms with Gasteiger partial charge in [0.25, 0.3) is 5.91 Å². The minimum atomic E-state index is -0.0451. The van der Waals surface area contributed by atoms with Gasteiger partial charge in [-0.15, -0.1) is 0 Å². The summed E-state index contributed by atoms with van der Waals surface area (Å²) in [7, 11) is 0. The number of anilines is 1. The minimum Gasteiger partial charge on any atom is -0.398 e. The van der Waals surface area contributed by atoms with Crippen LogP contribution in [-0.2, 0) is 6.54 Å². The van der Waals surface area contributed by atoms with E-state index in [9.17, 15) is 4.79 Å². The molecule has 1 heterocycles. The van der Waals surface area contributed by atoms with Gasteiger partial charge in [0.15, 0.2) is 0 Å². The van der Waals surface area contributed by atoms with E-state index in [-0.39, 0.29) is 5.91 Å². The number of nitrogen functional groups attached to an aromatic ring is 1. The number of aryl methyl sites for hydroxylation is 2. The first-order valence-corrected chi connectivity index (χ1v) is 6.96. The summed E-state index contributed by atoms with van der Waals surface area (Å²) in [6.45, 7) is 6.67. The molecule has 21 heavy (non-hydrogen) atoms. The number of para-hydroxylation sites is 1. The number of hydrogen-bond donors (Lipinski definition) is 1. The molecule has 0 spiro atoms. The third kappa shape index (κ3) is 3.37. The van der Waals surface area contributed by atoms with E-state index in [2.05, 4.69) is 10.2 Å². The third-order valence-electron chi connectivity index (χ3n) is 3.42. The molecule has 1 aromatic heterocycles. The fourth-order valence-corrected chi connectivity index (χ4v) is 2.15. The quantitative estimate of drug-likeness (QED) is 0.875. The number of nitrogens with zero attached hydrogens (tertiary/aromatic N) is 3. The molecule has 0 atom stereocenters. The number of hydrogen-bond acceptors (Lipinski definition) is 4. The summed E-state index contributed by atoms with van der Waals surface area (Å²) in [5, 5.41) is 7.98. The van der Waals surface area contributed by atoms with E-state index in [4.69, 9.17) is 5.73 Å². The van der Waals surface area contributed by atoms with E-state index >= 15 is 0 Å². The number of benzene rings is 1. The van der Waals surface area contributed by atoms with Crippen molar-refractivity contribution in [1.29, 1.82) is 0 Å². The SMILES string of the molecule is CCN(Cc1ccccc1N)C(=O)c1cc(C)nnc1C.